The smallest absolute Gasteiger partial charge is 0.265 e. The van der Waals surface area contributed by atoms with Gasteiger partial charge < -0.3 is 4.57 Å². The first-order chi connectivity index (χ1) is 14.0. The molecule has 1 saturated carbocycles. The maximum atomic E-state index is 13.3. The number of rotatable bonds is 2. The van der Waals surface area contributed by atoms with Gasteiger partial charge >= 0.3 is 0 Å². The first-order valence-corrected chi connectivity index (χ1v) is 10.1. The first kappa shape index (κ1) is 17.8. The van der Waals surface area contributed by atoms with E-state index in [1.807, 2.05) is 16.8 Å². The van der Waals surface area contributed by atoms with Crippen LogP contribution in [0.4, 0.5) is 0 Å². The Labute approximate surface area is 167 Å². The predicted molar refractivity (Wildman–Crippen MR) is 112 cm³/mol. The van der Waals surface area contributed by atoms with Gasteiger partial charge in [-0.1, -0.05) is 26.7 Å². The van der Waals surface area contributed by atoms with Crippen molar-refractivity contribution in [2.75, 3.05) is 0 Å². The van der Waals surface area contributed by atoms with Crippen molar-refractivity contribution in [3.63, 3.8) is 0 Å². The molecule has 0 aliphatic heterocycles. The number of H-pyrrole nitrogens is 1. The van der Waals surface area contributed by atoms with E-state index in [-0.39, 0.29) is 17.2 Å². The van der Waals surface area contributed by atoms with Crippen LogP contribution in [0.25, 0.3) is 27.6 Å². The van der Waals surface area contributed by atoms with Crippen molar-refractivity contribution in [3.8, 4) is 5.82 Å². The largest absolute Gasteiger partial charge is 0.312 e. The Morgan fingerprint density at radius 2 is 1.76 bits per heavy atom. The number of pyridine rings is 3. The van der Waals surface area contributed by atoms with Crippen LogP contribution in [0.2, 0.25) is 0 Å². The maximum absolute atomic E-state index is 13.3. The van der Waals surface area contributed by atoms with Crippen LogP contribution in [0.5, 0.6) is 0 Å². The second kappa shape index (κ2) is 6.69. The summed E-state index contributed by atoms with van der Waals surface area (Å²) in [5.74, 6) is 1.60. The van der Waals surface area contributed by atoms with Gasteiger partial charge in [0.1, 0.15) is 5.82 Å². The molecule has 5 rings (SSSR count). The molecule has 0 radical (unpaired) electrons. The van der Waals surface area contributed by atoms with Gasteiger partial charge in [-0.25, -0.2) is 4.98 Å². The fourth-order valence-corrected chi connectivity index (χ4v) is 4.62. The molecule has 1 aliphatic carbocycles. The molecule has 3 unspecified atom stereocenters. The summed E-state index contributed by atoms with van der Waals surface area (Å²) in [4.78, 5) is 31.0. The highest BCUT2D eigenvalue weighted by Crippen LogP contribution is 2.37. The third-order valence-electron chi connectivity index (χ3n) is 6.54. The summed E-state index contributed by atoms with van der Waals surface area (Å²) in [7, 11) is 0. The van der Waals surface area contributed by atoms with Crippen molar-refractivity contribution in [1.29, 1.82) is 0 Å². The summed E-state index contributed by atoms with van der Waals surface area (Å²) in [6, 6.07) is 7.28. The van der Waals surface area contributed by atoms with E-state index >= 15 is 0 Å². The van der Waals surface area contributed by atoms with E-state index in [9.17, 15) is 9.59 Å². The van der Waals surface area contributed by atoms with E-state index in [0.717, 1.165) is 12.8 Å². The monoisotopic (exact) mass is 389 g/mol. The van der Waals surface area contributed by atoms with Gasteiger partial charge in [0.15, 0.2) is 0 Å². The highest BCUT2D eigenvalue weighted by molar-refractivity contribution is 5.91. The molecule has 4 aromatic heterocycles. The summed E-state index contributed by atoms with van der Waals surface area (Å²) in [5.41, 5.74) is 0.902. The Balaban J connectivity index is 1.72. The van der Waals surface area contributed by atoms with Gasteiger partial charge in [-0.3, -0.25) is 19.3 Å². The number of aromatic nitrogens is 5. The van der Waals surface area contributed by atoms with Crippen LogP contribution >= 0.6 is 0 Å². The molecule has 29 heavy (non-hydrogen) atoms. The zero-order valence-corrected chi connectivity index (χ0v) is 16.5. The Bertz CT molecular complexity index is 1320. The lowest BCUT2D eigenvalue weighted by Gasteiger charge is -2.35. The molecular weight excluding hydrogens is 366 g/mol. The first-order valence-electron chi connectivity index (χ1n) is 10.1. The Hall–Kier alpha value is -3.22. The van der Waals surface area contributed by atoms with E-state index in [1.54, 1.807) is 30.6 Å². The van der Waals surface area contributed by atoms with Gasteiger partial charge in [0.05, 0.1) is 28.0 Å². The fourth-order valence-electron chi connectivity index (χ4n) is 4.62. The molecule has 7 heteroatoms. The molecule has 3 atom stereocenters. The van der Waals surface area contributed by atoms with Gasteiger partial charge in [-0.2, -0.15) is 5.10 Å². The van der Waals surface area contributed by atoms with Gasteiger partial charge in [0, 0.05) is 24.5 Å². The molecule has 1 aliphatic rings. The van der Waals surface area contributed by atoms with Gasteiger partial charge in [-0.05, 0) is 36.5 Å². The van der Waals surface area contributed by atoms with E-state index in [0.29, 0.717) is 39.5 Å². The SMILES string of the molecule is CC1CCCC(n2ccc3nc4ccn(-c5ccn[nH]5)c(=O)c4cc3c2=O)C1C. The summed E-state index contributed by atoms with van der Waals surface area (Å²) in [6.07, 6.45) is 8.48. The van der Waals surface area contributed by atoms with Crippen LogP contribution in [0.3, 0.4) is 0 Å². The highest BCUT2D eigenvalue weighted by atomic mass is 16.1. The van der Waals surface area contributed by atoms with Gasteiger partial charge in [-0.15, -0.1) is 0 Å². The molecule has 0 aromatic carbocycles. The van der Waals surface area contributed by atoms with E-state index in [1.165, 1.54) is 11.0 Å². The van der Waals surface area contributed by atoms with Crippen molar-refractivity contribution >= 4 is 21.8 Å². The second-order valence-electron chi connectivity index (χ2n) is 8.15. The predicted octanol–water partition coefficient (Wildman–Crippen LogP) is 3.42. The molecule has 1 fully saturated rings. The minimum Gasteiger partial charge on any atom is -0.312 e. The average molecular weight is 389 g/mol. The van der Waals surface area contributed by atoms with Crippen molar-refractivity contribution in [1.82, 2.24) is 24.3 Å². The third kappa shape index (κ3) is 2.80. The molecule has 0 saturated heterocycles. The second-order valence-corrected chi connectivity index (χ2v) is 8.15. The zero-order valence-electron chi connectivity index (χ0n) is 16.5. The topological polar surface area (TPSA) is 85.6 Å². The average Bonchev–Trinajstić information content (AvgIpc) is 3.25. The quantitative estimate of drug-likeness (QED) is 0.532. The Kier molecular flexibility index (Phi) is 4.12. The molecule has 0 spiro atoms. The van der Waals surface area contributed by atoms with Crippen LogP contribution in [0, 0.1) is 11.8 Å². The summed E-state index contributed by atoms with van der Waals surface area (Å²) < 4.78 is 3.34. The van der Waals surface area contributed by atoms with Crippen LogP contribution in [-0.4, -0.2) is 24.3 Å². The summed E-state index contributed by atoms with van der Waals surface area (Å²) in [5, 5.41) is 7.62. The molecule has 1 N–H and O–H groups in total. The normalized spacial score (nSPS) is 22.3. The highest BCUT2D eigenvalue weighted by Gasteiger charge is 2.29. The van der Waals surface area contributed by atoms with Crippen molar-refractivity contribution in [3.05, 3.63) is 63.6 Å². The lowest BCUT2D eigenvalue weighted by molar-refractivity contribution is 0.183. The maximum Gasteiger partial charge on any atom is 0.265 e. The van der Waals surface area contributed by atoms with Gasteiger partial charge in [0.25, 0.3) is 11.1 Å². The number of nitrogens with one attached hydrogen (secondary N) is 1. The molecule has 0 bridgehead atoms. The van der Waals surface area contributed by atoms with Crippen LogP contribution in [0.15, 0.2) is 52.4 Å². The molecular formula is C22H23N5O2. The van der Waals surface area contributed by atoms with Crippen LogP contribution in [0.1, 0.15) is 39.2 Å². The lowest BCUT2D eigenvalue weighted by atomic mass is 9.78. The van der Waals surface area contributed by atoms with Gasteiger partial charge in [0.2, 0.25) is 0 Å². The standard InChI is InChI=1S/C22H23N5O2/c1-13-4-3-5-19(14(13)2)26-10-7-17-15(21(26)28)12-16-18(24-17)8-11-27(22(16)29)20-6-9-23-25-20/h6-14,19H,3-5H2,1-2H3,(H,23,25). The van der Waals surface area contributed by atoms with Crippen molar-refractivity contribution in [2.24, 2.45) is 11.8 Å². The fraction of sp³-hybridized carbons (Fsp3) is 0.364. The zero-order chi connectivity index (χ0) is 20.1. The summed E-state index contributed by atoms with van der Waals surface area (Å²) >= 11 is 0. The number of nitrogens with zero attached hydrogens (tertiary/aromatic N) is 4. The molecule has 0 amide bonds. The van der Waals surface area contributed by atoms with Crippen LogP contribution < -0.4 is 11.1 Å². The number of hydrogen-bond acceptors (Lipinski definition) is 4. The minimum absolute atomic E-state index is 0.0702. The van der Waals surface area contributed by atoms with E-state index in [2.05, 4.69) is 29.0 Å². The molecule has 148 valence electrons. The number of hydrogen-bond donors (Lipinski definition) is 1. The number of aromatic amines is 1. The lowest BCUT2D eigenvalue weighted by Crippen LogP contribution is -2.33. The van der Waals surface area contributed by atoms with E-state index in [4.69, 9.17) is 0 Å². The van der Waals surface area contributed by atoms with Crippen molar-refractivity contribution in [2.45, 2.75) is 39.2 Å². The van der Waals surface area contributed by atoms with Crippen molar-refractivity contribution < 1.29 is 0 Å². The summed E-state index contributed by atoms with van der Waals surface area (Å²) in [6.45, 7) is 4.49. The molecule has 4 heterocycles. The van der Waals surface area contributed by atoms with E-state index < -0.39 is 0 Å². The minimum atomic E-state index is -0.226. The molecule has 7 nitrogen and oxygen atoms in total. The Morgan fingerprint density at radius 3 is 2.52 bits per heavy atom. The third-order valence-corrected chi connectivity index (χ3v) is 6.54. The molecule has 4 aromatic rings. The Morgan fingerprint density at radius 1 is 1.00 bits per heavy atom. The number of fused-ring (bicyclic) bond motifs is 2. The van der Waals surface area contributed by atoms with Crippen LogP contribution in [-0.2, 0) is 0 Å².